The molecular weight excluding hydrogens is 1700 g/mol. The van der Waals surface area contributed by atoms with Gasteiger partial charge in [0.05, 0.1) is 0 Å². The molecule has 2 fully saturated rings. The second-order valence-electron chi connectivity index (χ2n) is 30.2. The van der Waals surface area contributed by atoms with Crippen LogP contribution < -0.4 is 126 Å². The Hall–Kier alpha value is -7.54. The van der Waals surface area contributed by atoms with Crippen LogP contribution in [0.4, 0.5) is 0 Å². The average Bonchev–Trinajstić information content (AvgIpc) is 1.10. The van der Waals surface area contributed by atoms with E-state index in [0.717, 1.165) is 0 Å². The van der Waals surface area contributed by atoms with Crippen molar-refractivity contribution in [3.63, 3.8) is 0 Å². The van der Waals surface area contributed by atoms with E-state index in [1.165, 1.54) is 0 Å². The number of nitrogens with zero attached hydrogens (tertiary/aromatic N) is 7. The molecular formula is C83H159FeN30O14+2. The van der Waals surface area contributed by atoms with Crippen molar-refractivity contribution in [2.75, 3.05) is 295 Å². The number of carbonyl (C=O) groups is 14. The van der Waals surface area contributed by atoms with Gasteiger partial charge in [0.25, 0.3) is 0 Å². The summed E-state index contributed by atoms with van der Waals surface area (Å²) >= 11 is 0. The minimum atomic E-state index is -0.288. The normalized spacial score (nSPS) is 12.5. The van der Waals surface area contributed by atoms with E-state index in [0.29, 0.717) is 164 Å². The number of nitrogens with one attached hydrogen (secondary N) is 15. The second kappa shape index (κ2) is 83.8. The van der Waals surface area contributed by atoms with Crippen LogP contribution in [0.3, 0.4) is 0 Å². The van der Waals surface area contributed by atoms with Crippen molar-refractivity contribution < 1.29 is 84.2 Å². The first-order chi connectivity index (χ1) is 61.5. The topological polar surface area (TPSA) is 650 Å². The molecule has 2 saturated carbocycles. The van der Waals surface area contributed by atoms with Crippen molar-refractivity contribution in [3.8, 4) is 0 Å². The molecule has 128 heavy (non-hydrogen) atoms. The maximum atomic E-state index is 13.8. The summed E-state index contributed by atoms with van der Waals surface area (Å²) in [6, 6.07) is 0. The van der Waals surface area contributed by atoms with Crippen molar-refractivity contribution in [1.82, 2.24) is 114 Å². The van der Waals surface area contributed by atoms with Crippen LogP contribution in [0.2, 0.25) is 0 Å². The van der Waals surface area contributed by atoms with E-state index in [2.05, 4.69) is 92.6 Å². The molecule has 14 amide bonds. The zero-order valence-electron chi connectivity index (χ0n) is 75.8. The number of hydrogen-bond donors (Lipinski definition) is 23. The van der Waals surface area contributed by atoms with E-state index in [1.807, 2.05) is 79.2 Å². The van der Waals surface area contributed by atoms with Gasteiger partial charge in [0.15, 0.2) is 0 Å². The third-order valence-electron chi connectivity index (χ3n) is 19.8. The van der Waals surface area contributed by atoms with Gasteiger partial charge in [-0.25, -0.2) is 0 Å². The summed E-state index contributed by atoms with van der Waals surface area (Å²) < 4.78 is 0. The van der Waals surface area contributed by atoms with Crippen molar-refractivity contribution >= 4 is 82.7 Å². The molecule has 0 unspecified atom stereocenters. The van der Waals surface area contributed by atoms with Crippen molar-refractivity contribution in [2.45, 2.75) is 89.9 Å². The third-order valence-corrected chi connectivity index (χ3v) is 19.8. The van der Waals surface area contributed by atoms with Gasteiger partial charge in [-0.3, -0.25) is 67.1 Å². The molecule has 2 aliphatic carbocycles. The number of nitrogens with two attached hydrogens (primary N) is 8. The fourth-order valence-corrected chi connectivity index (χ4v) is 12.5. The van der Waals surface area contributed by atoms with Crippen molar-refractivity contribution in [3.05, 3.63) is 57.8 Å². The molecule has 0 saturated heterocycles. The minimum Gasteiger partial charge on any atom is -0.355 e. The molecule has 9 radical (unpaired) electrons. The van der Waals surface area contributed by atoms with Gasteiger partial charge in [0, 0.05) is 378 Å². The first-order valence-electron chi connectivity index (χ1n) is 45.1. The summed E-state index contributed by atoms with van der Waals surface area (Å²) in [5.41, 5.74) is 44.5. The third kappa shape index (κ3) is 73.2. The van der Waals surface area contributed by atoms with Crippen LogP contribution in [0, 0.1) is 63.7 Å². The Morgan fingerprint density at radius 1 is 0.180 bits per heavy atom. The SMILES string of the molecule is NCCNC(=O)CCN(CCNC(=O)CCN(CCNC(=O)CCN(CCNCC1[CH][CH][CH][CH]1)CCC(=O)NCCN(CCC(=O)NCCN(CCC(=O)NCCN)CCC(=O)NCCN)CCC(=O)NCCN(CCC(=O)NCCN)CCC(=O)NCCN)CCC(=O)NCCN(CCC(=O)NCCN)CCC(=O)NCCN)CCC(=O)NCCN.[CH]1[CH][CH][CH][CH]1.[Fe+2]. The summed E-state index contributed by atoms with van der Waals surface area (Å²) in [5, 5.41) is 43.1. The van der Waals surface area contributed by atoms with Crippen LogP contribution >= 0.6 is 0 Å². The molecule has 0 atom stereocenters. The maximum Gasteiger partial charge on any atom is 2.00 e. The molecule has 0 aromatic carbocycles. The van der Waals surface area contributed by atoms with Gasteiger partial charge in [-0.05, 0) is 70.3 Å². The van der Waals surface area contributed by atoms with Gasteiger partial charge in [-0.1, -0.05) is 0 Å². The predicted molar refractivity (Wildman–Crippen MR) is 489 cm³/mol. The Morgan fingerprint density at radius 2 is 0.305 bits per heavy atom. The first kappa shape index (κ1) is 120. The predicted octanol–water partition coefficient (Wildman–Crippen LogP) is -11.1. The number of hydrogen-bond acceptors (Lipinski definition) is 30. The van der Waals surface area contributed by atoms with E-state index >= 15 is 0 Å². The van der Waals surface area contributed by atoms with Crippen LogP contribution in [0.5, 0.6) is 0 Å². The second-order valence-corrected chi connectivity index (χ2v) is 30.2. The summed E-state index contributed by atoms with van der Waals surface area (Å²) in [7, 11) is 0. The molecule has 45 heteroatoms. The molecule has 0 aliphatic heterocycles. The smallest absolute Gasteiger partial charge is 0.355 e. The van der Waals surface area contributed by atoms with Crippen LogP contribution in [0.1, 0.15) is 89.9 Å². The summed E-state index contributed by atoms with van der Waals surface area (Å²) in [6.07, 6.45) is 19.6. The van der Waals surface area contributed by atoms with E-state index in [1.54, 1.807) is 0 Å². The Labute approximate surface area is 771 Å². The molecule has 0 aromatic rings. The molecule has 0 heterocycles. The average molecular weight is 1860 g/mol. The van der Waals surface area contributed by atoms with Crippen molar-refractivity contribution in [2.24, 2.45) is 51.8 Å². The monoisotopic (exact) mass is 1860 g/mol. The van der Waals surface area contributed by atoms with E-state index < -0.39 is 0 Å². The van der Waals surface area contributed by atoms with Gasteiger partial charge in [0.2, 0.25) is 82.7 Å². The van der Waals surface area contributed by atoms with Crippen LogP contribution in [-0.2, 0) is 84.2 Å². The Balaban J connectivity index is 0.0000259. The zero-order valence-corrected chi connectivity index (χ0v) is 76.9. The number of amides is 14. The fraction of sp³-hybridized carbons (Fsp3) is 0.723. The van der Waals surface area contributed by atoms with Gasteiger partial charge in [0.1, 0.15) is 0 Å². The molecule has 0 spiro atoms. The quantitative estimate of drug-likeness (QED) is 0.0199. The standard InChI is InChI=1S/C78H154N30O14.C5H5.Fe/c79-19-27-88-65(109)5-44-103(45-6-66(110)89-28-20-80)57-36-98-75(119)15-52-107(53-16-76(120)99-37-58-104(46-7-67(111)90-29-21-81)47-8-68(112)91-30-22-82)61-40-96-73(117)13-42-102(56-35-87-63-64-3-1-2-4-64)43-14-74(118)97-41-62-108(54-17-77(121)100-38-59-105(48-9-69(113)92-31-23-83)49-10-70(114)93-32-24-84)55-18-78(122)101-39-60-106(50-11-71(115)94-33-25-85)51-12-72(116)95-34-26-86;1-2-4-5-3-1;/h1-4,64,87H,5-63,79-86H2,(H,88,109)(H,89,110)(H,90,111)(H,91,112)(H,92,113)(H,93,114)(H,94,115)(H,95,116)(H,96,117)(H,97,118)(H,98,119)(H,99,120)(H,100,121)(H,101,122);1-5H;/q;;+2. The summed E-state index contributed by atoms with van der Waals surface area (Å²) in [4.78, 5) is 195. The Bertz CT molecular complexity index is 2570. The summed E-state index contributed by atoms with van der Waals surface area (Å²) in [5.74, 6) is -3.07. The zero-order chi connectivity index (χ0) is 93.4. The van der Waals surface area contributed by atoms with Gasteiger partial charge < -0.3 is 160 Å². The first-order valence-corrected chi connectivity index (χ1v) is 45.1. The molecule has 731 valence electrons. The summed E-state index contributed by atoms with van der Waals surface area (Å²) in [6.45, 7) is 13.6. The van der Waals surface area contributed by atoms with Gasteiger partial charge in [-0.15, -0.1) is 0 Å². The van der Waals surface area contributed by atoms with E-state index in [4.69, 9.17) is 45.9 Å². The fourth-order valence-electron chi connectivity index (χ4n) is 12.5. The number of rotatable bonds is 81. The van der Waals surface area contributed by atoms with E-state index in [9.17, 15) is 67.1 Å². The van der Waals surface area contributed by atoms with Crippen LogP contribution in [0.15, 0.2) is 0 Å². The molecule has 0 bridgehead atoms. The van der Waals surface area contributed by atoms with Gasteiger partial charge in [-0.2, -0.15) is 0 Å². The Morgan fingerprint density at radius 3 is 0.438 bits per heavy atom. The van der Waals surface area contributed by atoms with Crippen molar-refractivity contribution in [1.29, 1.82) is 0 Å². The largest absolute Gasteiger partial charge is 2.00 e. The van der Waals surface area contributed by atoms with Gasteiger partial charge >= 0.3 is 17.1 Å². The molecule has 31 N–H and O–H groups in total. The molecule has 44 nitrogen and oxygen atoms in total. The van der Waals surface area contributed by atoms with E-state index in [-0.39, 0.29) is 326 Å². The minimum absolute atomic E-state index is 0. The van der Waals surface area contributed by atoms with Crippen LogP contribution in [-0.4, -0.2) is 412 Å². The molecule has 0 aromatic heterocycles. The maximum absolute atomic E-state index is 13.8. The van der Waals surface area contributed by atoms with Crippen LogP contribution in [0.25, 0.3) is 0 Å². The molecule has 2 rings (SSSR count). The number of carbonyl (C=O) groups excluding carboxylic acids is 14. The molecule has 2 aliphatic rings. The Kier molecular flexibility index (Phi) is 78.8.